The fourth-order valence-corrected chi connectivity index (χ4v) is 2.90. The van der Waals surface area contributed by atoms with E-state index in [2.05, 4.69) is 21.0 Å². The minimum absolute atomic E-state index is 0. The van der Waals surface area contributed by atoms with Crippen molar-refractivity contribution in [2.24, 2.45) is 0 Å². The molecule has 26 heavy (non-hydrogen) atoms. The zero-order valence-corrected chi connectivity index (χ0v) is 17.1. The quantitative estimate of drug-likeness (QED) is 0.398. The molecule has 0 atom stereocenters. The molecule has 3 heterocycles. The molecule has 6 nitrogen and oxygen atoms in total. The molecule has 0 aliphatic heterocycles. The van der Waals surface area contributed by atoms with Crippen molar-refractivity contribution in [3.63, 3.8) is 0 Å². The van der Waals surface area contributed by atoms with E-state index in [1.807, 2.05) is 32.0 Å². The normalized spacial score (nSPS) is 11.7. The maximum Gasteiger partial charge on any atom is 0.312 e. The fourth-order valence-electron chi connectivity index (χ4n) is 2.44. The largest absolute Gasteiger partial charge is 0.360 e. The van der Waals surface area contributed by atoms with E-state index in [1.165, 1.54) is 6.07 Å². The van der Waals surface area contributed by atoms with Gasteiger partial charge in [0.2, 0.25) is 0 Å². The van der Waals surface area contributed by atoms with Crippen LogP contribution < -0.4 is 0 Å². The molecular weight excluding hydrogens is 533 g/mol. The Kier molecular flexibility index (Phi) is 6.06. The van der Waals surface area contributed by atoms with E-state index in [4.69, 9.17) is 0 Å². The molecule has 138 valence electrons. The van der Waals surface area contributed by atoms with Gasteiger partial charge in [-0.1, -0.05) is 30.6 Å². The molecule has 3 aromatic heterocycles. The van der Waals surface area contributed by atoms with Crippen molar-refractivity contribution < 1.29 is 34.0 Å². The third-order valence-corrected chi connectivity index (χ3v) is 4.65. The Morgan fingerprint density at radius 1 is 1.04 bits per heavy atom. The van der Waals surface area contributed by atoms with Crippen LogP contribution in [0.2, 0.25) is 0 Å². The van der Waals surface area contributed by atoms with E-state index in [-0.39, 0.29) is 26.1 Å². The molecule has 1 N–H and O–H groups in total. The van der Waals surface area contributed by atoms with Crippen molar-refractivity contribution in [3.05, 3.63) is 72.3 Å². The summed E-state index contributed by atoms with van der Waals surface area (Å²) in [5.74, 6) is 0. The summed E-state index contributed by atoms with van der Waals surface area (Å²) < 4.78 is 31.9. The van der Waals surface area contributed by atoms with Gasteiger partial charge >= 0.3 is 10.1 Å². The minimum atomic E-state index is -4.36. The molecule has 0 saturated heterocycles. The van der Waals surface area contributed by atoms with E-state index in [0.29, 0.717) is 17.1 Å². The van der Waals surface area contributed by atoms with Crippen molar-refractivity contribution in [2.45, 2.75) is 24.3 Å². The second kappa shape index (κ2) is 7.74. The molecule has 0 bridgehead atoms. The Bertz CT molecular complexity index is 1010. The molecule has 0 aliphatic carbocycles. The fraction of sp³-hybridized carbons (Fsp3) is 0.167. The standard InChI is InChI=1S/C18H16N3O3S.Pt/c1-18(2,16-9-4-10-17(21-16)25(22,23)24)15-8-3-7-14(20-15)13-6-5-11-19-12-13;/h3-5,7-12H,1-2H3,(H,22,23,24);/q-1;. The van der Waals surface area contributed by atoms with Crippen LogP contribution in [-0.4, -0.2) is 27.9 Å². The molecule has 0 spiro atoms. The topological polar surface area (TPSA) is 93.0 Å². The third-order valence-electron chi connectivity index (χ3n) is 3.90. The van der Waals surface area contributed by atoms with Gasteiger partial charge in [-0.25, -0.2) is 4.98 Å². The van der Waals surface area contributed by atoms with E-state index >= 15 is 0 Å². The van der Waals surface area contributed by atoms with Gasteiger partial charge < -0.3 is 9.97 Å². The summed E-state index contributed by atoms with van der Waals surface area (Å²) in [4.78, 5) is 12.8. The first-order valence-electron chi connectivity index (χ1n) is 7.53. The number of aromatic nitrogens is 3. The summed E-state index contributed by atoms with van der Waals surface area (Å²) in [6.07, 6.45) is 3.32. The third kappa shape index (κ3) is 4.23. The van der Waals surface area contributed by atoms with Gasteiger partial charge in [0.25, 0.3) is 0 Å². The van der Waals surface area contributed by atoms with Crippen LogP contribution in [0.15, 0.2) is 59.9 Å². The molecule has 0 aromatic carbocycles. The van der Waals surface area contributed by atoms with E-state index in [0.717, 1.165) is 5.56 Å². The van der Waals surface area contributed by atoms with Crippen molar-refractivity contribution in [3.8, 4) is 11.3 Å². The first kappa shape index (κ1) is 20.4. The molecule has 3 rings (SSSR count). The maximum absolute atomic E-state index is 11.4. The van der Waals surface area contributed by atoms with Crippen molar-refractivity contribution >= 4 is 10.1 Å². The Hall–Kier alpha value is -1.95. The Morgan fingerprint density at radius 2 is 1.69 bits per heavy atom. The SMILES string of the molecule is CC(C)(c1cccc(-c2[c-]ccnc2)n1)c1cccc(S(=O)(=O)O)n1.[Pt]. The summed E-state index contributed by atoms with van der Waals surface area (Å²) in [5.41, 5.74) is 2.01. The van der Waals surface area contributed by atoms with Crippen molar-refractivity contribution in [1.29, 1.82) is 0 Å². The summed E-state index contributed by atoms with van der Waals surface area (Å²) in [7, 11) is -4.36. The van der Waals surface area contributed by atoms with Gasteiger partial charge in [0, 0.05) is 32.2 Å². The molecular formula is C18H16N3O3PtS-. The number of hydrogen-bond donors (Lipinski definition) is 1. The van der Waals surface area contributed by atoms with Crippen LogP contribution in [0.3, 0.4) is 0 Å². The number of nitrogens with zero attached hydrogens (tertiary/aromatic N) is 3. The summed E-state index contributed by atoms with van der Waals surface area (Å²) >= 11 is 0. The Labute approximate surface area is 166 Å². The Balaban J connectivity index is 0.00000243. The van der Waals surface area contributed by atoms with Crippen LogP contribution in [0.5, 0.6) is 0 Å². The average molecular weight is 549 g/mol. The van der Waals surface area contributed by atoms with Gasteiger partial charge in [-0.3, -0.25) is 4.55 Å². The summed E-state index contributed by atoms with van der Waals surface area (Å²) in [5, 5.41) is -0.380. The second-order valence-electron chi connectivity index (χ2n) is 6.02. The molecule has 8 heteroatoms. The summed E-state index contributed by atoms with van der Waals surface area (Å²) in [6, 6.07) is 14.9. The van der Waals surface area contributed by atoms with Gasteiger partial charge in [0.15, 0.2) is 5.03 Å². The van der Waals surface area contributed by atoms with Gasteiger partial charge in [-0.15, -0.1) is 17.7 Å². The van der Waals surface area contributed by atoms with Crippen LogP contribution in [0.1, 0.15) is 25.2 Å². The van der Waals surface area contributed by atoms with E-state index in [1.54, 1.807) is 30.6 Å². The average Bonchev–Trinajstić information content (AvgIpc) is 2.62. The zero-order valence-electron chi connectivity index (χ0n) is 14.0. The maximum atomic E-state index is 11.4. The van der Waals surface area contributed by atoms with Crippen LogP contribution >= 0.6 is 0 Å². The van der Waals surface area contributed by atoms with Gasteiger partial charge in [0.1, 0.15) is 0 Å². The molecule has 0 amide bonds. The number of hydrogen-bond acceptors (Lipinski definition) is 5. The second-order valence-corrected chi connectivity index (χ2v) is 7.39. The minimum Gasteiger partial charge on any atom is -0.360 e. The molecule has 0 unspecified atom stereocenters. The molecule has 0 aliphatic rings. The Morgan fingerprint density at radius 3 is 2.31 bits per heavy atom. The molecule has 0 saturated carbocycles. The van der Waals surface area contributed by atoms with E-state index < -0.39 is 15.5 Å². The summed E-state index contributed by atoms with van der Waals surface area (Å²) in [6.45, 7) is 3.78. The smallest absolute Gasteiger partial charge is 0.312 e. The van der Waals surface area contributed by atoms with Gasteiger partial charge in [-0.2, -0.15) is 8.42 Å². The number of pyridine rings is 3. The predicted octanol–water partition coefficient (Wildman–Crippen LogP) is 2.91. The molecule has 0 fully saturated rings. The zero-order chi connectivity index (χ0) is 18.1. The van der Waals surface area contributed by atoms with E-state index in [9.17, 15) is 13.0 Å². The monoisotopic (exact) mass is 549 g/mol. The predicted molar refractivity (Wildman–Crippen MR) is 92.5 cm³/mol. The van der Waals surface area contributed by atoms with Crippen LogP contribution in [0.4, 0.5) is 0 Å². The van der Waals surface area contributed by atoms with Gasteiger partial charge in [0.05, 0.1) is 5.69 Å². The first-order valence-corrected chi connectivity index (χ1v) is 8.97. The molecule has 0 radical (unpaired) electrons. The number of rotatable bonds is 4. The van der Waals surface area contributed by atoms with Crippen molar-refractivity contribution in [1.82, 2.24) is 15.0 Å². The van der Waals surface area contributed by atoms with Crippen LogP contribution in [0.25, 0.3) is 11.3 Å². The van der Waals surface area contributed by atoms with Crippen molar-refractivity contribution in [2.75, 3.05) is 0 Å². The molecule has 3 aromatic rings. The van der Waals surface area contributed by atoms with Crippen LogP contribution in [0, 0.1) is 6.07 Å². The van der Waals surface area contributed by atoms with Crippen LogP contribution in [-0.2, 0) is 36.6 Å². The first-order chi connectivity index (χ1) is 11.8. The van der Waals surface area contributed by atoms with Gasteiger partial charge in [-0.05, 0) is 37.7 Å².